The summed E-state index contributed by atoms with van der Waals surface area (Å²) in [6.07, 6.45) is 6.47. The number of rotatable bonds is 3. The summed E-state index contributed by atoms with van der Waals surface area (Å²) < 4.78 is 2.38. The first-order valence-corrected chi connectivity index (χ1v) is 8.79. The van der Waals surface area contributed by atoms with Crippen LogP contribution in [0.1, 0.15) is 55.0 Å². The molecule has 0 saturated heterocycles. The maximum atomic E-state index is 8.98. The van der Waals surface area contributed by atoms with Crippen LogP contribution < -0.4 is 0 Å². The van der Waals surface area contributed by atoms with Gasteiger partial charge in [-0.25, -0.2) is 4.98 Å². The molecule has 3 heteroatoms. The highest BCUT2D eigenvalue weighted by molar-refractivity contribution is 5.76. The van der Waals surface area contributed by atoms with Crippen LogP contribution in [0.4, 0.5) is 0 Å². The molecule has 24 heavy (non-hydrogen) atoms. The Morgan fingerprint density at radius 1 is 1.00 bits per heavy atom. The Kier molecular flexibility index (Phi) is 4.04. The van der Waals surface area contributed by atoms with E-state index in [0.717, 1.165) is 12.1 Å². The van der Waals surface area contributed by atoms with Gasteiger partial charge in [-0.2, -0.15) is 5.26 Å². The standard InChI is InChI=1S/C21H21N3/c22-14-16-10-12-17(13-11-16)15-24-20-9-5-4-8-19(20)23-21(24)18-6-2-1-3-7-18/h4-5,8-13,18H,1-3,6-7,15H2. The molecule has 0 N–H and O–H groups in total. The molecule has 1 saturated carbocycles. The fourth-order valence-corrected chi connectivity index (χ4v) is 3.80. The first kappa shape index (κ1) is 15.0. The van der Waals surface area contributed by atoms with Crippen molar-refractivity contribution in [2.24, 2.45) is 0 Å². The fourth-order valence-electron chi connectivity index (χ4n) is 3.80. The lowest BCUT2D eigenvalue weighted by atomic mass is 9.88. The third-order valence-corrected chi connectivity index (χ3v) is 5.08. The number of hydrogen-bond donors (Lipinski definition) is 0. The monoisotopic (exact) mass is 315 g/mol. The molecule has 1 aromatic heterocycles. The van der Waals surface area contributed by atoms with Crippen molar-refractivity contribution < 1.29 is 0 Å². The molecular formula is C21H21N3. The molecule has 1 fully saturated rings. The number of hydrogen-bond acceptors (Lipinski definition) is 2. The first-order chi connectivity index (χ1) is 11.8. The van der Waals surface area contributed by atoms with Gasteiger partial charge in [-0.3, -0.25) is 0 Å². The molecule has 0 amide bonds. The van der Waals surface area contributed by atoms with E-state index >= 15 is 0 Å². The van der Waals surface area contributed by atoms with Gasteiger partial charge in [0.2, 0.25) is 0 Å². The Labute approximate surface area is 142 Å². The van der Waals surface area contributed by atoms with Crippen molar-refractivity contribution in [3.63, 3.8) is 0 Å². The van der Waals surface area contributed by atoms with Crippen molar-refractivity contribution >= 4 is 11.0 Å². The molecule has 1 heterocycles. The van der Waals surface area contributed by atoms with E-state index < -0.39 is 0 Å². The van der Waals surface area contributed by atoms with Crippen LogP contribution in [0.25, 0.3) is 11.0 Å². The lowest BCUT2D eigenvalue weighted by Crippen LogP contribution is -2.13. The number of nitriles is 1. The zero-order valence-electron chi connectivity index (χ0n) is 13.8. The molecule has 1 aliphatic carbocycles. The molecule has 4 rings (SSSR count). The van der Waals surface area contributed by atoms with Crippen LogP contribution >= 0.6 is 0 Å². The molecule has 3 aromatic rings. The topological polar surface area (TPSA) is 41.6 Å². The highest BCUT2D eigenvalue weighted by Gasteiger charge is 2.22. The summed E-state index contributed by atoms with van der Waals surface area (Å²) in [5.74, 6) is 1.81. The molecule has 0 unspecified atom stereocenters. The highest BCUT2D eigenvalue weighted by Crippen LogP contribution is 2.34. The number of aromatic nitrogens is 2. The minimum absolute atomic E-state index is 0.574. The Bertz CT molecular complexity index is 878. The lowest BCUT2D eigenvalue weighted by molar-refractivity contribution is 0.420. The zero-order chi connectivity index (χ0) is 16.4. The average Bonchev–Trinajstić information content (AvgIpc) is 3.02. The zero-order valence-corrected chi connectivity index (χ0v) is 13.8. The third-order valence-electron chi connectivity index (χ3n) is 5.08. The molecule has 0 bridgehead atoms. The van der Waals surface area contributed by atoms with Gasteiger partial charge < -0.3 is 4.57 Å². The molecule has 0 spiro atoms. The average molecular weight is 315 g/mol. The van der Waals surface area contributed by atoms with Crippen LogP contribution in [0.3, 0.4) is 0 Å². The van der Waals surface area contributed by atoms with Gasteiger partial charge in [0.05, 0.1) is 22.7 Å². The Balaban J connectivity index is 1.75. The summed E-state index contributed by atoms with van der Waals surface area (Å²) in [6.45, 7) is 0.818. The summed E-state index contributed by atoms with van der Waals surface area (Å²) >= 11 is 0. The van der Waals surface area contributed by atoms with Crippen molar-refractivity contribution in [1.82, 2.24) is 9.55 Å². The Morgan fingerprint density at radius 3 is 2.50 bits per heavy atom. The number of fused-ring (bicyclic) bond motifs is 1. The van der Waals surface area contributed by atoms with Gasteiger partial charge in [-0.05, 0) is 42.7 Å². The van der Waals surface area contributed by atoms with Crippen LogP contribution in [0.15, 0.2) is 48.5 Å². The predicted molar refractivity (Wildman–Crippen MR) is 95.8 cm³/mol. The van der Waals surface area contributed by atoms with Gasteiger partial charge >= 0.3 is 0 Å². The molecular weight excluding hydrogens is 294 g/mol. The maximum absolute atomic E-state index is 8.98. The molecule has 0 radical (unpaired) electrons. The minimum Gasteiger partial charge on any atom is -0.323 e. The van der Waals surface area contributed by atoms with Gasteiger partial charge in [0.15, 0.2) is 0 Å². The third kappa shape index (κ3) is 2.80. The van der Waals surface area contributed by atoms with E-state index in [1.807, 2.05) is 12.1 Å². The number of para-hydroxylation sites is 2. The first-order valence-electron chi connectivity index (χ1n) is 8.79. The van der Waals surface area contributed by atoms with E-state index in [2.05, 4.69) is 47.0 Å². The molecule has 0 aliphatic heterocycles. The molecule has 3 nitrogen and oxygen atoms in total. The summed E-state index contributed by atoms with van der Waals surface area (Å²) in [4.78, 5) is 4.98. The van der Waals surface area contributed by atoms with Crippen molar-refractivity contribution in [2.45, 2.75) is 44.6 Å². The molecule has 0 atom stereocenters. The summed E-state index contributed by atoms with van der Waals surface area (Å²) in [7, 11) is 0. The Morgan fingerprint density at radius 2 is 1.75 bits per heavy atom. The Hall–Kier alpha value is -2.60. The second-order valence-electron chi connectivity index (χ2n) is 6.69. The van der Waals surface area contributed by atoms with E-state index in [-0.39, 0.29) is 0 Å². The smallest absolute Gasteiger partial charge is 0.113 e. The van der Waals surface area contributed by atoms with E-state index in [9.17, 15) is 0 Å². The van der Waals surface area contributed by atoms with Crippen LogP contribution in [0.2, 0.25) is 0 Å². The van der Waals surface area contributed by atoms with E-state index in [1.165, 1.54) is 49.0 Å². The second-order valence-corrected chi connectivity index (χ2v) is 6.69. The predicted octanol–water partition coefficient (Wildman–Crippen LogP) is 5.00. The van der Waals surface area contributed by atoms with Crippen LogP contribution in [0, 0.1) is 11.3 Å². The largest absolute Gasteiger partial charge is 0.323 e. The van der Waals surface area contributed by atoms with Gasteiger partial charge in [-0.1, -0.05) is 43.5 Å². The van der Waals surface area contributed by atoms with E-state index in [1.54, 1.807) is 0 Å². The maximum Gasteiger partial charge on any atom is 0.113 e. The van der Waals surface area contributed by atoms with Crippen molar-refractivity contribution in [3.05, 3.63) is 65.5 Å². The SMILES string of the molecule is N#Cc1ccc(Cn2c(C3CCCCC3)nc3ccccc32)cc1. The van der Waals surface area contributed by atoms with Crippen LogP contribution in [-0.4, -0.2) is 9.55 Å². The number of benzene rings is 2. The van der Waals surface area contributed by atoms with E-state index in [0.29, 0.717) is 11.5 Å². The van der Waals surface area contributed by atoms with Crippen LogP contribution in [0.5, 0.6) is 0 Å². The minimum atomic E-state index is 0.574. The number of nitrogens with zero attached hydrogens (tertiary/aromatic N) is 3. The van der Waals surface area contributed by atoms with Crippen LogP contribution in [-0.2, 0) is 6.54 Å². The summed E-state index contributed by atoms with van der Waals surface area (Å²) in [5.41, 5.74) is 4.23. The summed E-state index contributed by atoms with van der Waals surface area (Å²) in [6, 6.07) is 18.5. The highest BCUT2D eigenvalue weighted by atomic mass is 15.1. The van der Waals surface area contributed by atoms with Crippen molar-refractivity contribution in [1.29, 1.82) is 5.26 Å². The van der Waals surface area contributed by atoms with Crippen molar-refractivity contribution in [2.75, 3.05) is 0 Å². The summed E-state index contributed by atoms with van der Waals surface area (Å²) in [5, 5.41) is 8.98. The molecule has 1 aliphatic rings. The van der Waals surface area contributed by atoms with E-state index in [4.69, 9.17) is 10.2 Å². The van der Waals surface area contributed by atoms with Gasteiger partial charge in [0.25, 0.3) is 0 Å². The molecule has 2 aromatic carbocycles. The molecule has 120 valence electrons. The van der Waals surface area contributed by atoms with Crippen molar-refractivity contribution in [3.8, 4) is 6.07 Å². The van der Waals surface area contributed by atoms with Gasteiger partial charge in [0.1, 0.15) is 5.82 Å². The van der Waals surface area contributed by atoms with Gasteiger partial charge in [-0.15, -0.1) is 0 Å². The number of imidazole rings is 1. The normalized spacial score (nSPS) is 15.5. The van der Waals surface area contributed by atoms with Gasteiger partial charge in [0, 0.05) is 12.5 Å². The fraction of sp³-hybridized carbons (Fsp3) is 0.333. The second kappa shape index (κ2) is 6.49. The quantitative estimate of drug-likeness (QED) is 0.682. The lowest BCUT2D eigenvalue weighted by Gasteiger charge is -2.22.